The van der Waals surface area contributed by atoms with Crippen molar-refractivity contribution in [3.8, 4) is 5.75 Å². The van der Waals surface area contributed by atoms with Gasteiger partial charge in [0.2, 0.25) is 0 Å². The van der Waals surface area contributed by atoms with Crippen molar-refractivity contribution in [2.75, 3.05) is 26.7 Å². The Balaban J connectivity index is 2.10. The van der Waals surface area contributed by atoms with E-state index in [1.807, 2.05) is 6.92 Å². The number of carbonyl (C=O) groups is 2. The van der Waals surface area contributed by atoms with Gasteiger partial charge in [0.1, 0.15) is 5.60 Å². The lowest BCUT2D eigenvalue weighted by atomic mass is 10.1. The van der Waals surface area contributed by atoms with E-state index in [2.05, 4.69) is 0 Å². The number of hydrogen-bond acceptors (Lipinski definition) is 6. The molecule has 0 aliphatic carbocycles. The Bertz CT molecular complexity index is 743. The summed E-state index contributed by atoms with van der Waals surface area (Å²) in [6.07, 6.45) is -0.404. The zero-order chi connectivity index (χ0) is 20.4. The van der Waals surface area contributed by atoms with Gasteiger partial charge in [-0.25, -0.2) is 4.79 Å². The van der Waals surface area contributed by atoms with Crippen LogP contribution in [0.3, 0.4) is 0 Å². The number of rotatable bonds is 3. The van der Waals surface area contributed by atoms with Crippen LogP contribution in [0.25, 0.3) is 0 Å². The lowest BCUT2D eigenvalue weighted by Crippen LogP contribution is -2.56. The fourth-order valence-electron chi connectivity index (χ4n) is 2.88. The second kappa shape index (κ2) is 7.81. The van der Waals surface area contributed by atoms with Crippen molar-refractivity contribution in [2.24, 2.45) is 0 Å². The molecule has 0 spiro atoms. The highest BCUT2D eigenvalue weighted by Crippen LogP contribution is 2.28. The van der Waals surface area contributed by atoms with Crippen molar-refractivity contribution in [2.45, 2.75) is 39.3 Å². The van der Waals surface area contributed by atoms with Gasteiger partial charge in [-0.05, 0) is 33.8 Å². The van der Waals surface area contributed by atoms with Gasteiger partial charge in [-0.15, -0.1) is 0 Å². The molecule has 2 amide bonds. The Morgan fingerprint density at radius 2 is 1.93 bits per heavy atom. The van der Waals surface area contributed by atoms with Gasteiger partial charge in [-0.1, -0.05) is 0 Å². The molecule has 1 unspecified atom stereocenters. The standard InChI is InChI=1S/C18H25N3O6/c1-12-11-19(8-9-20(12)17(23)27-18(2,3)4)16(22)13-6-7-14(21(24)25)15(10-13)26-5/h6-7,10,12H,8-9,11H2,1-5H3. The lowest BCUT2D eigenvalue weighted by molar-refractivity contribution is -0.385. The minimum Gasteiger partial charge on any atom is -0.490 e. The number of ether oxygens (including phenoxy) is 2. The summed E-state index contributed by atoms with van der Waals surface area (Å²) in [5.74, 6) is -0.231. The van der Waals surface area contributed by atoms with Gasteiger partial charge < -0.3 is 19.3 Å². The molecular formula is C18H25N3O6. The van der Waals surface area contributed by atoms with Gasteiger partial charge >= 0.3 is 11.8 Å². The highest BCUT2D eigenvalue weighted by molar-refractivity contribution is 5.95. The summed E-state index contributed by atoms with van der Waals surface area (Å²) in [7, 11) is 1.32. The van der Waals surface area contributed by atoms with E-state index in [4.69, 9.17) is 9.47 Å². The van der Waals surface area contributed by atoms with Crippen LogP contribution in [0.2, 0.25) is 0 Å². The van der Waals surface area contributed by atoms with Crippen molar-refractivity contribution in [3.63, 3.8) is 0 Å². The van der Waals surface area contributed by atoms with E-state index >= 15 is 0 Å². The monoisotopic (exact) mass is 379 g/mol. The molecule has 1 aromatic rings. The van der Waals surface area contributed by atoms with Crippen molar-refractivity contribution < 1.29 is 24.0 Å². The molecule has 148 valence electrons. The molecule has 0 saturated carbocycles. The summed E-state index contributed by atoms with van der Waals surface area (Å²) in [6.45, 7) is 8.30. The maximum absolute atomic E-state index is 12.8. The normalized spacial score (nSPS) is 17.4. The van der Waals surface area contributed by atoms with Gasteiger partial charge in [-0.3, -0.25) is 14.9 Å². The number of nitro benzene ring substituents is 1. The highest BCUT2D eigenvalue weighted by Gasteiger charge is 2.33. The largest absolute Gasteiger partial charge is 0.490 e. The van der Waals surface area contributed by atoms with E-state index in [1.165, 1.54) is 25.3 Å². The van der Waals surface area contributed by atoms with E-state index in [9.17, 15) is 19.7 Å². The summed E-state index contributed by atoms with van der Waals surface area (Å²) in [5, 5.41) is 11.0. The lowest BCUT2D eigenvalue weighted by Gasteiger charge is -2.40. The first-order valence-corrected chi connectivity index (χ1v) is 8.65. The van der Waals surface area contributed by atoms with Gasteiger partial charge in [0.15, 0.2) is 5.75 Å². The third-order valence-corrected chi connectivity index (χ3v) is 4.17. The minimum atomic E-state index is -0.584. The van der Waals surface area contributed by atoms with Gasteiger partial charge in [0.25, 0.3) is 5.91 Å². The van der Waals surface area contributed by atoms with Crippen LogP contribution in [-0.2, 0) is 4.74 Å². The fourth-order valence-corrected chi connectivity index (χ4v) is 2.88. The van der Waals surface area contributed by atoms with Crippen molar-refractivity contribution in [3.05, 3.63) is 33.9 Å². The fraction of sp³-hybridized carbons (Fsp3) is 0.556. The molecule has 1 aliphatic heterocycles. The number of nitro groups is 1. The first-order chi connectivity index (χ1) is 12.5. The summed E-state index contributed by atoms with van der Waals surface area (Å²) < 4.78 is 10.4. The molecule has 0 radical (unpaired) electrons. The average molecular weight is 379 g/mol. The summed E-state index contributed by atoms with van der Waals surface area (Å²) in [6, 6.07) is 3.82. The molecular weight excluding hydrogens is 354 g/mol. The molecule has 1 saturated heterocycles. The molecule has 2 rings (SSSR count). The van der Waals surface area contributed by atoms with E-state index < -0.39 is 16.6 Å². The summed E-state index contributed by atoms with van der Waals surface area (Å²) >= 11 is 0. The number of piperazine rings is 1. The Morgan fingerprint density at radius 1 is 1.26 bits per heavy atom. The zero-order valence-electron chi connectivity index (χ0n) is 16.2. The molecule has 9 heteroatoms. The van der Waals surface area contributed by atoms with Crippen molar-refractivity contribution in [1.29, 1.82) is 0 Å². The molecule has 0 N–H and O–H groups in total. The zero-order valence-corrected chi connectivity index (χ0v) is 16.2. The third kappa shape index (κ3) is 4.87. The number of methoxy groups -OCH3 is 1. The van der Waals surface area contributed by atoms with Gasteiger partial charge in [-0.2, -0.15) is 0 Å². The van der Waals surface area contributed by atoms with Crippen LogP contribution in [-0.4, -0.2) is 65.1 Å². The van der Waals surface area contributed by atoms with Crippen molar-refractivity contribution in [1.82, 2.24) is 9.80 Å². The number of benzene rings is 1. The van der Waals surface area contributed by atoms with Gasteiger partial charge in [0.05, 0.1) is 12.0 Å². The average Bonchev–Trinajstić information content (AvgIpc) is 2.58. The van der Waals surface area contributed by atoms with Gasteiger partial charge in [0, 0.05) is 43.4 Å². The van der Waals surface area contributed by atoms with Crippen LogP contribution in [0.5, 0.6) is 5.75 Å². The highest BCUT2D eigenvalue weighted by atomic mass is 16.6. The predicted molar refractivity (Wildman–Crippen MR) is 98.0 cm³/mol. The molecule has 9 nitrogen and oxygen atoms in total. The smallest absolute Gasteiger partial charge is 0.410 e. The van der Waals surface area contributed by atoms with Crippen LogP contribution in [0.15, 0.2) is 18.2 Å². The maximum atomic E-state index is 12.8. The Labute approximate surface area is 158 Å². The van der Waals surface area contributed by atoms with Crippen molar-refractivity contribution >= 4 is 17.7 Å². The molecule has 1 aliphatic rings. The SMILES string of the molecule is COc1cc(C(=O)N2CCN(C(=O)OC(C)(C)C)C(C)C2)ccc1[N+](=O)[O-]. The second-order valence-electron chi connectivity index (χ2n) is 7.42. The van der Waals surface area contributed by atoms with E-state index in [0.717, 1.165) is 0 Å². The van der Waals surface area contributed by atoms with E-state index in [-0.39, 0.29) is 23.4 Å². The number of amides is 2. The van der Waals surface area contributed by atoms with Crippen LogP contribution < -0.4 is 4.74 Å². The Morgan fingerprint density at radius 3 is 2.44 bits per heavy atom. The number of nitrogens with zero attached hydrogens (tertiary/aromatic N) is 3. The molecule has 0 aromatic heterocycles. The second-order valence-corrected chi connectivity index (χ2v) is 7.42. The van der Waals surface area contributed by atoms with Crippen LogP contribution >= 0.6 is 0 Å². The summed E-state index contributed by atoms with van der Waals surface area (Å²) in [4.78, 5) is 38.7. The molecule has 1 aromatic carbocycles. The summed E-state index contributed by atoms with van der Waals surface area (Å²) in [5.41, 5.74) is -0.480. The first-order valence-electron chi connectivity index (χ1n) is 8.65. The van der Waals surface area contributed by atoms with E-state index in [1.54, 1.807) is 30.6 Å². The molecule has 1 atom stereocenters. The molecule has 0 bridgehead atoms. The predicted octanol–water partition coefficient (Wildman–Crippen LogP) is 2.68. The number of hydrogen-bond donors (Lipinski definition) is 0. The maximum Gasteiger partial charge on any atom is 0.410 e. The Kier molecular flexibility index (Phi) is 5.92. The topological polar surface area (TPSA) is 102 Å². The van der Waals surface area contributed by atoms with E-state index in [0.29, 0.717) is 25.2 Å². The molecule has 1 fully saturated rings. The molecule has 27 heavy (non-hydrogen) atoms. The number of carbonyl (C=O) groups excluding carboxylic acids is 2. The van der Waals surface area contributed by atoms with Crippen LogP contribution in [0, 0.1) is 10.1 Å². The Hall–Kier alpha value is -2.84. The van der Waals surface area contributed by atoms with Crippen LogP contribution in [0.1, 0.15) is 38.1 Å². The quantitative estimate of drug-likeness (QED) is 0.591. The van der Waals surface area contributed by atoms with Crippen LogP contribution in [0.4, 0.5) is 10.5 Å². The third-order valence-electron chi connectivity index (χ3n) is 4.17. The minimum absolute atomic E-state index is 0.0336. The first kappa shape index (κ1) is 20.5. The molecule has 1 heterocycles.